The van der Waals surface area contributed by atoms with Crippen LogP contribution in [0.2, 0.25) is 0 Å². The summed E-state index contributed by atoms with van der Waals surface area (Å²) in [5, 5.41) is 96.9. The van der Waals surface area contributed by atoms with Gasteiger partial charge in [-0.1, -0.05) is 0 Å². The summed E-state index contributed by atoms with van der Waals surface area (Å²) in [5.74, 6) is -1.28. The molecule has 3 saturated heterocycles. The lowest BCUT2D eigenvalue weighted by atomic mass is 9.94. The van der Waals surface area contributed by atoms with Gasteiger partial charge in [0.15, 0.2) is 18.9 Å². The van der Waals surface area contributed by atoms with Gasteiger partial charge in [-0.25, -0.2) is 0 Å². The second-order valence-electron chi connectivity index (χ2n) is 9.81. The first-order valence-corrected chi connectivity index (χ1v) is 12.6. The van der Waals surface area contributed by atoms with Crippen molar-refractivity contribution in [3.63, 3.8) is 0 Å². The van der Waals surface area contributed by atoms with Crippen LogP contribution >= 0.6 is 0 Å². The highest BCUT2D eigenvalue weighted by atomic mass is 16.7. The predicted octanol–water partition coefficient (Wildman–Crippen LogP) is -7.29. The van der Waals surface area contributed by atoms with Gasteiger partial charge >= 0.3 is 0 Å². The van der Waals surface area contributed by atoms with E-state index in [0.29, 0.717) is 0 Å². The third-order valence-corrected chi connectivity index (χ3v) is 6.90. The van der Waals surface area contributed by atoms with Crippen molar-refractivity contribution in [3.05, 3.63) is 0 Å². The van der Waals surface area contributed by atoms with Crippen LogP contribution in [-0.4, -0.2) is 170 Å². The molecule has 232 valence electrons. The van der Waals surface area contributed by atoms with Gasteiger partial charge in [-0.05, 0) is 0 Å². The molecule has 40 heavy (non-hydrogen) atoms. The summed E-state index contributed by atoms with van der Waals surface area (Å²) in [6, 6.07) is -2.80. The zero-order valence-corrected chi connectivity index (χ0v) is 21.7. The molecule has 11 N–H and O–H groups in total. The molecule has 15 atom stereocenters. The number of carbonyl (C=O) groups is 2. The molecule has 2 amide bonds. The molecular formula is C22H38N2O16. The average Bonchev–Trinajstić information content (AvgIpc) is 2.90. The fraction of sp³-hybridized carbons (Fsp3) is 0.909. The molecule has 0 aliphatic carbocycles. The molecule has 0 aromatic heterocycles. The van der Waals surface area contributed by atoms with E-state index in [9.17, 15) is 55.5 Å². The van der Waals surface area contributed by atoms with E-state index < -0.39 is 124 Å². The standard InChI is InChI=1S/C22H38N2O16/c1-6(28)23-11-15(32)13(30)8(3-25)37-21(11)39-18-10(5-27)38-22(17(34)16(18)33)40-19-12(24-7(2)29)20(35)36-9(4-26)14(19)31/h8-22,25-27,30-35H,3-5H2,1-2H3,(H,23,28)(H,24,29)/t8-,9-,10-,11-,12-,13-,14+,15-,16-,17-,18+,19-,20+,21-,22+/m1/s1. The maximum absolute atomic E-state index is 11.7. The fourth-order valence-corrected chi connectivity index (χ4v) is 4.86. The third kappa shape index (κ3) is 7.05. The number of aliphatic hydroxyl groups is 9. The van der Waals surface area contributed by atoms with Gasteiger partial charge in [0.25, 0.3) is 0 Å². The lowest BCUT2D eigenvalue weighted by molar-refractivity contribution is -0.364. The smallest absolute Gasteiger partial charge is 0.217 e. The maximum Gasteiger partial charge on any atom is 0.217 e. The molecule has 3 aliphatic rings. The van der Waals surface area contributed by atoms with Crippen molar-refractivity contribution in [1.29, 1.82) is 0 Å². The summed E-state index contributed by atoms with van der Waals surface area (Å²) in [7, 11) is 0. The number of aliphatic hydroxyl groups excluding tert-OH is 9. The Morgan fingerprint density at radius 3 is 1.65 bits per heavy atom. The van der Waals surface area contributed by atoms with Crippen molar-refractivity contribution in [2.45, 2.75) is 106 Å². The van der Waals surface area contributed by atoms with Crippen molar-refractivity contribution in [1.82, 2.24) is 10.6 Å². The van der Waals surface area contributed by atoms with Gasteiger partial charge in [0.2, 0.25) is 11.8 Å². The summed E-state index contributed by atoms with van der Waals surface area (Å²) in [5.41, 5.74) is 0. The molecule has 3 rings (SSSR count). The van der Waals surface area contributed by atoms with Crippen molar-refractivity contribution < 1.29 is 79.2 Å². The molecule has 3 heterocycles. The van der Waals surface area contributed by atoms with Crippen molar-refractivity contribution in [2.24, 2.45) is 0 Å². The van der Waals surface area contributed by atoms with Crippen molar-refractivity contribution in [2.75, 3.05) is 19.8 Å². The highest BCUT2D eigenvalue weighted by Crippen LogP contribution is 2.32. The van der Waals surface area contributed by atoms with Gasteiger partial charge in [-0.2, -0.15) is 0 Å². The number of amides is 2. The SMILES string of the molecule is CC(=O)N[C@@H]1[C@@H](O[C@@H]2O[C@H](CO)[C@H](O[C@H]3O[C@H](CO)[C@@H](O)[C@H](O)[C@H]3NC(C)=O)[C@H](O)[C@H]2O)[C@@H](O)[C@@H](CO)O[C@@H]1O. The van der Waals surface area contributed by atoms with Crippen LogP contribution in [0.3, 0.4) is 0 Å². The molecule has 0 saturated carbocycles. The first kappa shape index (κ1) is 32.9. The van der Waals surface area contributed by atoms with E-state index >= 15 is 0 Å². The first-order chi connectivity index (χ1) is 18.8. The molecular weight excluding hydrogens is 548 g/mol. The van der Waals surface area contributed by atoms with E-state index in [1.54, 1.807) is 0 Å². The Hall–Kier alpha value is -1.62. The lowest BCUT2D eigenvalue weighted by Gasteiger charge is -2.49. The number of carbonyl (C=O) groups excluding carboxylic acids is 2. The zero-order chi connectivity index (χ0) is 29.9. The maximum atomic E-state index is 11.7. The van der Waals surface area contributed by atoms with E-state index in [4.69, 9.17) is 23.7 Å². The molecule has 0 bridgehead atoms. The van der Waals surface area contributed by atoms with Gasteiger partial charge in [0.05, 0.1) is 19.8 Å². The van der Waals surface area contributed by atoms with Crippen LogP contribution in [0.1, 0.15) is 13.8 Å². The average molecular weight is 587 g/mol. The summed E-state index contributed by atoms with van der Waals surface area (Å²) in [4.78, 5) is 23.3. The van der Waals surface area contributed by atoms with Gasteiger partial charge < -0.3 is 80.3 Å². The van der Waals surface area contributed by atoms with Crippen LogP contribution in [0, 0.1) is 0 Å². The molecule has 0 spiro atoms. The molecule has 18 heteroatoms. The number of hydrogen-bond acceptors (Lipinski definition) is 16. The van der Waals surface area contributed by atoms with E-state index in [0.717, 1.165) is 13.8 Å². The van der Waals surface area contributed by atoms with Crippen LogP contribution < -0.4 is 10.6 Å². The first-order valence-electron chi connectivity index (χ1n) is 12.6. The number of ether oxygens (including phenoxy) is 5. The van der Waals surface area contributed by atoms with E-state index in [2.05, 4.69) is 10.6 Å². The molecule has 0 unspecified atom stereocenters. The van der Waals surface area contributed by atoms with E-state index in [-0.39, 0.29) is 0 Å². The normalized spacial score (nSPS) is 46.0. The van der Waals surface area contributed by atoms with Crippen LogP contribution in [0.15, 0.2) is 0 Å². The lowest BCUT2D eigenvalue weighted by Crippen LogP contribution is -2.69. The molecule has 3 aliphatic heterocycles. The molecule has 3 fully saturated rings. The Bertz CT molecular complexity index is 852. The highest BCUT2D eigenvalue weighted by Gasteiger charge is 2.54. The molecule has 0 aromatic rings. The highest BCUT2D eigenvalue weighted by molar-refractivity contribution is 5.73. The monoisotopic (exact) mass is 586 g/mol. The minimum absolute atomic E-state index is 0.641. The van der Waals surface area contributed by atoms with Crippen LogP contribution in [0.5, 0.6) is 0 Å². The number of nitrogens with one attached hydrogen (secondary N) is 2. The molecule has 0 aromatic carbocycles. The zero-order valence-electron chi connectivity index (χ0n) is 21.7. The van der Waals surface area contributed by atoms with E-state index in [1.165, 1.54) is 0 Å². The van der Waals surface area contributed by atoms with Gasteiger partial charge in [0.1, 0.15) is 73.1 Å². The Labute approximate surface area is 228 Å². The van der Waals surface area contributed by atoms with Crippen LogP contribution in [0.4, 0.5) is 0 Å². The quantitative estimate of drug-likeness (QED) is 0.120. The molecule has 0 radical (unpaired) electrons. The minimum Gasteiger partial charge on any atom is -0.394 e. The third-order valence-electron chi connectivity index (χ3n) is 6.90. The number of hydrogen-bond donors (Lipinski definition) is 11. The second kappa shape index (κ2) is 14.0. The summed E-state index contributed by atoms with van der Waals surface area (Å²) >= 11 is 0. The topological polar surface area (TPSA) is 286 Å². The number of rotatable bonds is 9. The Balaban J connectivity index is 1.81. The van der Waals surface area contributed by atoms with Crippen molar-refractivity contribution in [3.8, 4) is 0 Å². The Morgan fingerprint density at radius 1 is 0.600 bits per heavy atom. The second-order valence-corrected chi connectivity index (χ2v) is 9.81. The largest absolute Gasteiger partial charge is 0.394 e. The van der Waals surface area contributed by atoms with E-state index in [1.807, 2.05) is 0 Å². The van der Waals surface area contributed by atoms with Gasteiger partial charge in [0, 0.05) is 13.8 Å². The van der Waals surface area contributed by atoms with Gasteiger partial charge in [-0.3, -0.25) is 9.59 Å². The molecule has 18 nitrogen and oxygen atoms in total. The van der Waals surface area contributed by atoms with Gasteiger partial charge in [-0.15, -0.1) is 0 Å². The summed E-state index contributed by atoms with van der Waals surface area (Å²) in [6.07, 6.45) is -21.2. The fourth-order valence-electron chi connectivity index (χ4n) is 4.86. The predicted molar refractivity (Wildman–Crippen MR) is 124 cm³/mol. The Kier molecular flexibility index (Phi) is 11.5. The van der Waals surface area contributed by atoms with Crippen LogP contribution in [0.25, 0.3) is 0 Å². The Morgan fingerprint density at radius 2 is 1.10 bits per heavy atom. The minimum atomic E-state index is -1.95. The van der Waals surface area contributed by atoms with Crippen LogP contribution in [-0.2, 0) is 33.3 Å². The van der Waals surface area contributed by atoms with Crippen molar-refractivity contribution >= 4 is 11.8 Å². The summed E-state index contributed by atoms with van der Waals surface area (Å²) in [6.45, 7) is -0.101. The summed E-state index contributed by atoms with van der Waals surface area (Å²) < 4.78 is 27.5.